The molecule has 0 saturated carbocycles. The minimum absolute atomic E-state index is 0.0344. The first-order chi connectivity index (χ1) is 6.68. The number of amides is 1. The second-order valence-corrected chi connectivity index (χ2v) is 3.50. The van der Waals surface area contributed by atoms with Crippen molar-refractivity contribution in [2.75, 3.05) is 13.1 Å². The van der Waals surface area contributed by atoms with E-state index in [1.807, 2.05) is 11.6 Å². The number of carbonyl (C=O) groups excluding carboxylic acids is 1. The third-order valence-corrected chi connectivity index (χ3v) is 2.46. The molecular weight excluding hydrogens is 182 g/mol. The van der Waals surface area contributed by atoms with E-state index in [1.54, 1.807) is 11.2 Å². The molecule has 1 aliphatic heterocycles. The molecule has 1 fully saturated rings. The number of nitrogens with two attached hydrogens (primary N) is 1. The maximum absolute atomic E-state index is 11.2. The first-order valence-corrected chi connectivity index (χ1v) is 4.55. The van der Waals surface area contributed by atoms with Crippen LogP contribution in [0.4, 0.5) is 0 Å². The molecule has 1 saturated heterocycles. The summed E-state index contributed by atoms with van der Waals surface area (Å²) in [4.78, 5) is 12.9. The Kier molecular flexibility index (Phi) is 2.20. The van der Waals surface area contributed by atoms with Gasteiger partial charge in [-0.2, -0.15) is 0 Å². The van der Waals surface area contributed by atoms with E-state index in [1.165, 1.54) is 0 Å². The standard InChI is InChI=1S/C8H13N5O/c1-12-5-10-11-7(12)2-3-13-4-6(9)8(13)14/h5-6H,2-4,9H2,1H3. The van der Waals surface area contributed by atoms with Gasteiger partial charge in [0.2, 0.25) is 5.91 Å². The van der Waals surface area contributed by atoms with Gasteiger partial charge in [0, 0.05) is 26.6 Å². The third kappa shape index (κ3) is 1.48. The molecule has 6 nitrogen and oxygen atoms in total. The molecule has 1 aromatic rings. The fourth-order valence-electron chi connectivity index (χ4n) is 1.50. The molecule has 0 aliphatic carbocycles. The van der Waals surface area contributed by atoms with E-state index in [-0.39, 0.29) is 11.9 Å². The molecule has 1 aromatic heterocycles. The fraction of sp³-hybridized carbons (Fsp3) is 0.625. The normalized spacial score (nSPS) is 21.1. The molecule has 2 rings (SSSR count). The average Bonchev–Trinajstić information content (AvgIpc) is 2.58. The number of β-lactam (4-membered cyclic amide) rings is 1. The summed E-state index contributed by atoms with van der Waals surface area (Å²) in [5.74, 6) is 0.922. The molecule has 6 heteroatoms. The van der Waals surface area contributed by atoms with E-state index in [2.05, 4.69) is 10.2 Å². The van der Waals surface area contributed by atoms with Gasteiger partial charge >= 0.3 is 0 Å². The molecule has 0 bridgehead atoms. The van der Waals surface area contributed by atoms with Gasteiger partial charge in [0.25, 0.3) is 0 Å². The quantitative estimate of drug-likeness (QED) is 0.597. The van der Waals surface area contributed by atoms with Crippen molar-refractivity contribution in [3.05, 3.63) is 12.2 Å². The number of rotatable bonds is 3. The van der Waals surface area contributed by atoms with E-state index >= 15 is 0 Å². The van der Waals surface area contributed by atoms with Crippen LogP contribution in [-0.2, 0) is 18.3 Å². The van der Waals surface area contributed by atoms with Crippen molar-refractivity contribution in [1.29, 1.82) is 0 Å². The van der Waals surface area contributed by atoms with Crippen LogP contribution in [0.25, 0.3) is 0 Å². The Hall–Kier alpha value is -1.43. The van der Waals surface area contributed by atoms with Crippen molar-refractivity contribution in [3.63, 3.8) is 0 Å². The summed E-state index contributed by atoms with van der Waals surface area (Å²) in [7, 11) is 1.89. The molecule has 1 amide bonds. The van der Waals surface area contributed by atoms with Crippen molar-refractivity contribution in [3.8, 4) is 0 Å². The predicted octanol–water partition coefficient (Wildman–Crippen LogP) is -1.47. The van der Waals surface area contributed by atoms with Gasteiger partial charge in [-0.05, 0) is 0 Å². The summed E-state index contributed by atoms with van der Waals surface area (Å²) in [6.45, 7) is 1.34. The lowest BCUT2D eigenvalue weighted by molar-refractivity contribution is -0.142. The molecule has 1 unspecified atom stereocenters. The van der Waals surface area contributed by atoms with Gasteiger partial charge in [-0.3, -0.25) is 4.79 Å². The first kappa shape index (κ1) is 9.14. The molecule has 76 valence electrons. The minimum Gasteiger partial charge on any atom is -0.339 e. The molecule has 0 radical (unpaired) electrons. The van der Waals surface area contributed by atoms with E-state index in [0.29, 0.717) is 13.1 Å². The summed E-state index contributed by atoms with van der Waals surface area (Å²) < 4.78 is 1.85. The highest BCUT2D eigenvalue weighted by Gasteiger charge is 2.32. The molecule has 2 N–H and O–H groups in total. The van der Waals surface area contributed by atoms with Gasteiger partial charge < -0.3 is 15.2 Å². The third-order valence-electron chi connectivity index (χ3n) is 2.46. The second-order valence-electron chi connectivity index (χ2n) is 3.50. The number of nitrogens with zero attached hydrogens (tertiary/aromatic N) is 4. The van der Waals surface area contributed by atoms with Crippen LogP contribution >= 0.6 is 0 Å². The zero-order valence-electron chi connectivity index (χ0n) is 8.05. The van der Waals surface area contributed by atoms with E-state index in [4.69, 9.17) is 5.73 Å². The summed E-state index contributed by atoms with van der Waals surface area (Å²) >= 11 is 0. The fourth-order valence-corrected chi connectivity index (χ4v) is 1.50. The molecule has 1 aliphatic rings. The molecule has 1 atom stereocenters. The van der Waals surface area contributed by atoms with Crippen LogP contribution < -0.4 is 5.73 Å². The summed E-state index contributed by atoms with van der Waals surface area (Å²) in [5.41, 5.74) is 5.47. The maximum atomic E-state index is 11.2. The van der Waals surface area contributed by atoms with Crippen molar-refractivity contribution in [1.82, 2.24) is 19.7 Å². The van der Waals surface area contributed by atoms with Crippen molar-refractivity contribution in [2.45, 2.75) is 12.5 Å². The predicted molar refractivity (Wildman–Crippen MR) is 49.3 cm³/mol. The number of hydrogen-bond donors (Lipinski definition) is 1. The van der Waals surface area contributed by atoms with Gasteiger partial charge in [-0.1, -0.05) is 0 Å². The second kappa shape index (κ2) is 3.38. The zero-order valence-corrected chi connectivity index (χ0v) is 8.05. The highest BCUT2D eigenvalue weighted by molar-refractivity contribution is 5.87. The van der Waals surface area contributed by atoms with Crippen LogP contribution in [-0.4, -0.2) is 44.7 Å². The number of hydrogen-bond acceptors (Lipinski definition) is 4. The van der Waals surface area contributed by atoms with E-state index in [0.717, 1.165) is 12.2 Å². The number of likely N-dealkylation sites (tertiary alicyclic amines) is 1. The van der Waals surface area contributed by atoms with E-state index < -0.39 is 0 Å². The lowest BCUT2D eigenvalue weighted by Gasteiger charge is -2.35. The Morgan fingerprint density at radius 1 is 1.71 bits per heavy atom. The molecule has 2 heterocycles. The summed E-state index contributed by atoms with van der Waals surface area (Å²) in [6.07, 6.45) is 2.38. The van der Waals surface area contributed by atoms with Gasteiger partial charge in [-0.15, -0.1) is 10.2 Å². The molecule has 14 heavy (non-hydrogen) atoms. The number of aromatic nitrogens is 3. The zero-order chi connectivity index (χ0) is 10.1. The molecule has 0 aromatic carbocycles. The maximum Gasteiger partial charge on any atom is 0.241 e. The van der Waals surface area contributed by atoms with Crippen molar-refractivity contribution < 1.29 is 4.79 Å². The number of aryl methyl sites for hydroxylation is 1. The Balaban J connectivity index is 1.84. The largest absolute Gasteiger partial charge is 0.339 e. The lowest BCUT2D eigenvalue weighted by atomic mass is 10.1. The van der Waals surface area contributed by atoms with Crippen LogP contribution in [0.15, 0.2) is 6.33 Å². The minimum atomic E-state index is -0.283. The van der Waals surface area contributed by atoms with Gasteiger partial charge in [-0.25, -0.2) is 0 Å². The monoisotopic (exact) mass is 195 g/mol. The Bertz CT molecular complexity index is 347. The Morgan fingerprint density at radius 2 is 2.50 bits per heavy atom. The van der Waals surface area contributed by atoms with Gasteiger partial charge in [0.1, 0.15) is 18.2 Å². The average molecular weight is 195 g/mol. The van der Waals surface area contributed by atoms with Crippen molar-refractivity contribution in [2.24, 2.45) is 12.8 Å². The van der Waals surface area contributed by atoms with Gasteiger partial charge in [0.05, 0.1) is 0 Å². The SMILES string of the molecule is Cn1cnnc1CCN1CC(N)C1=O. The van der Waals surface area contributed by atoms with Crippen LogP contribution in [0.1, 0.15) is 5.82 Å². The number of carbonyl (C=O) groups is 1. The topological polar surface area (TPSA) is 77.0 Å². The lowest BCUT2D eigenvalue weighted by Crippen LogP contribution is -2.61. The molecular formula is C8H13N5O. The van der Waals surface area contributed by atoms with Crippen LogP contribution in [0, 0.1) is 0 Å². The molecule has 0 spiro atoms. The Labute approximate surface area is 81.7 Å². The highest BCUT2D eigenvalue weighted by atomic mass is 16.2. The van der Waals surface area contributed by atoms with Crippen LogP contribution in [0.2, 0.25) is 0 Å². The Morgan fingerprint density at radius 3 is 3.00 bits per heavy atom. The first-order valence-electron chi connectivity index (χ1n) is 4.55. The van der Waals surface area contributed by atoms with E-state index in [9.17, 15) is 4.79 Å². The van der Waals surface area contributed by atoms with Crippen molar-refractivity contribution >= 4 is 5.91 Å². The smallest absolute Gasteiger partial charge is 0.241 e. The highest BCUT2D eigenvalue weighted by Crippen LogP contribution is 2.08. The van der Waals surface area contributed by atoms with Gasteiger partial charge in [0.15, 0.2) is 0 Å². The van der Waals surface area contributed by atoms with Crippen LogP contribution in [0.3, 0.4) is 0 Å². The van der Waals surface area contributed by atoms with Crippen LogP contribution in [0.5, 0.6) is 0 Å². The summed E-state index contributed by atoms with van der Waals surface area (Å²) in [5, 5.41) is 7.70. The summed E-state index contributed by atoms with van der Waals surface area (Å²) in [6, 6.07) is -0.283.